The highest BCUT2D eigenvalue weighted by Gasteiger charge is 2.18. The van der Waals surface area contributed by atoms with Gasteiger partial charge in [-0.05, 0) is 50.0 Å². The molecule has 3 N–H and O–H groups in total. The molecule has 0 spiro atoms. The van der Waals surface area contributed by atoms with Crippen LogP contribution in [0.25, 0.3) is 0 Å². The number of aromatic carboxylic acids is 1. The van der Waals surface area contributed by atoms with Crippen molar-refractivity contribution in [3.63, 3.8) is 0 Å². The molecular formula is C14H17BrN2O3. The van der Waals surface area contributed by atoms with Crippen molar-refractivity contribution in [1.29, 1.82) is 0 Å². The molecule has 1 amide bonds. The molecule has 0 aliphatic carbocycles. The van der Waals surface area contributed by atoms with Gasteiger partial charge in [-0.3, -0.25) is 4.79 Å². The fourth-order valence-electron chi connectivity index (χ4n) is 2.35. The van der Waals surface area contributed by atoms with Gasteiger partial charge >= 0.3 is 5.97 Å². The lowest BCUT2D eigenvalue weighted by Gasteiger charge is -2.22. The van der Waals surface area contributed by atoms with Gasteiger partial charge < -0.3 is 15.7 Å². The molecule has 1 heterocycles. The van der Waals surface area contributed by atoms with Gasteiger partial charge in [0.15, 0.2) is 0 Å². The first kappa shape index (κ1) is 15.0. The van der Waals surface area contributed by atoms with Crippen LogP contribution in [0.2, 0.25) is 0 Å². The lowest BCUT2D eigenvalue weighted by atomic mass is 9.94. The minimum absolute atomic E-state index is 0.0954. The Morgan fingerprint density at radius 3 is 2.70 bits per heavy atom. The Kier molecular flexibility index (Phi) is 5.14. The summed E-state index contributed by atoms with van der Waals surface area (Å²) < 4.78 is 0.672. The number of carbonyl (C=O) groups excluding carboxylic acids is 1. The smallest absolute Gasteiger partial charge is 0.337 e. The number of halogens is 1. The number of carboxylic acid groups (broad SMARTS) is 1. The van der Waals surface area contributed by atoms with E-state index in [-0.39, 0.29) is 11.5 Å². The largest absolute Gasteiger partial charge is 0.478 e. The molecule has 5 nitrogen and oxygen atoms in total. The quantitative estimate of drug-likeness (QED) is 0.786. The molecule has 108 valence electrons. The van der Waals surface area contributed by atoms with Crippen LogP contribution in [0.5, 0.6) is 0 Å². The van der Waals surface area contributed by atoms with Gasteiger partial charge in [-0.15, -0.1) is 0 Å². The summed E-state index contributed by atoms with van der Waals surface area (Å²) in [5.74, 6) is -0.801. The lowest BCUT2D eigenvalue weighted by Crippen LogP contribution is -2.30. The third-order valence-corrected chi connectivity index (χ3v) is 3.91. The topological polar surface area (TPSA) is 78.4 Å². The van der Waals surface area contributed by atoms with Crippen LogP contribution in [0.1, 0.15) is 29.6 Å². The van der Waals surface area contributed by atoms with Crippen LogP contribution >= 0.6 is 15.9 Å². The standard InChI is InChI=1S/C14H17BrN2O3/c15-10-1-2-12(11(8-10)14(19)20)17-13(18)7-9-3-5-16-6-4-9/h1-2,8-9,16H,3-7H2,(H,17,18)(H,19,20). The summed E-state index contributed by atoms with van der Waals surface area (Å²) in [6, 6.07) is 4.81. The number of rotatable bonds is 4. The van der Waals surface area contributed by atoms with Crippen LogP contribution in [-0.4, -0.2) is 30.1 Å². The van der Waals surface area contributed by atoms with E-state index in [1.54, 1.807) is 12.1 Å². The first-order valence-electron chi connectivity index (χ1n) is 6.59. The average molecular weight is 341 g/mol. The molecule has 1 saturated heterocycles. The van der Waals surface area contributed by atoms with Crippen molar-refractivity contribution in [3.05, 3.63) is 28.2 Å². The Bertz CT molecular complexity index is 513. The zero-order valence-corrected chi connectivity index (χ0v) is 12.6. The van der Waals surface area contributed by atoms with Crippen molar-refractivity contribution in [1.82, 2.24) is 5.32 Å². The zero-order chi connectivity index (χ0) is 14.5. The maximum absolute atomic E-state index is 12.0. The molecular weight excluding hydrogens is 324 g/mol. The van der Waals surface area contributed by atoms with Gasteiger partial charge in [0.05, 0.1) is 11.3 Å². The predicted octanol–water partition coefficient (Wildman–Crippen LogP) is 2.48. The van der Waals surface area contributed by atoms with Crippen LogP contribution in [0.15, 0.2) is 22.7 Å². The summed E-state index contributed by atoms with van der Waals surface area (Å²) in [5.41, 5.74) is 0.442. The molecule has 20 heavy (non-hydrogen) atoms. The summed E-state index contributed by atoms with van der Waals surface area (Å²) in [5, 5.41) is 15.1. The van der Waals surface area contributed by atoms with Crippen molar-refractivity contribution in [2.75, 3.05) is 18.4 Å². The molecule has 1 aliphatic rings. The van der Waals surface area contributed by atoms with Crippen molar-refractivity contribution >= 4 is 33.5 Å². The molecule has 0 saturated carbocycles. The number of hydrogen-bond donors (Lipinski definition) is 3. The van der Waals surface area contributed by atoms with E-state index in [2.05, 4.69) is 26.6 Å². The van der Waals surface area contributed by atoms with Crippen LogP contribution in [0.4, 0.5) is 5.69 Å². The van der Waals surface area contributed by atoms with Gasteiger partial charge in [0.1, 0.15) is 0 Å². The van der Waals surface area contributed by atoms with E-state index >= 15 is 0 Å². The maximum atomic E-state index is 12.0. The molecule has 1 fully saturated rings. The molecule has 0 radical (unpaired) electrons. The van der Waals surface area contributed by atoms with E-state index in [1.807, 2.05) is 0 Å². The minimum Gasteiger partial charge on any atom is -0.478 e. The molecule has 0 unspecified atom stereocenters. The fourth-order valence-corrected chi connectivity index (χ4v) is 2.71. The number of piperidine rings is 1. The summed E-state index contributed by atoms with van der Waals surface area (Å²) in [6.45, 7) is 1.88. The highest BCUT2D eigenvalue weighted by molar-refractivity contribution is 9.10. The van der Waals surface area contributed by atoms with Crippen molar-refractivity contribution < 1.29 is 14.7 Å². The Hall–Kier alpha value is -1.40. The molecule has 2 rings (SSSR count). The average Bonchev–Trinajstić information content (AvgIpc) is 2.41. The summed E-state index contributed by atoms with van der Waals surface area (Å²) in [6.07, 6.45) is 2.41. The van der Waals surface area contributed by atoms with E-state index in [4.69, 9.17) is 5.11 Å². The van der Waals surface area contributed by atoms with Gasteiger partial charge in [-0.25, -0.2) is 4.79 Å². The third-order valence-electron chi connectivity index (χ3n) is 3.42. The number of hydrogen-bond acceptors (Lipinski definition) is 3. The zero-order valence-electron chi connectivity index (χ0n) is 11.0. The van der Waals surface area contributed by atoms with Crippen molar-refractivity contribution in [3.8, 4) is 0 Å². The normalized spacial score (nSPS) is 15.8. The molecule has 1 aliphatic heterocycles. The number of carboxylic acids is 1. The second-order valence-electron chi connectivity index (χ2n) is 4.94. The van der Waals surface area contributed by atoms with Crippen LogP contribution < -0.4 is 10.6 Å². The van der Waals surface area contributed by atoms with E-state index in [9.17, 15) is 9.59 Å². The third kappa shape index (κ3) is 4.05. The maximum Gasteiger partial charge on any atom is 0.337 e. The van der Waals surface area contributed by atoms with E-state index < -0.39 is 5.97 Å². The summed E-state index contributed by atoms with van der Waals surface area (Å²) in [4.78, 5) is 23.2. The monoisotopic (exact) mass is 340 g/mol. The Labute approximate surface area is 125 Å². The molecule has 1 aromatic rings. The number of amides is 1. The Balaban J connectivity index is 2.01. The van der Waals surface area contributed by atoms with Crippen molar-refractivity contribution in [2.24, 2.45) is 5.92 Å². The summed E-state index contributed by atoms with van der Waals surface area (Å²) in [7, 11) is 0. The molecule has 6 heteroatoms. The van der Waals surface area contributed by atoms with E-state index in [0.29, 0.717) is 22.5 Å². The molecule has 0 bridgehead atoms. The Morgan fingerprint density at radius 2 is 2.05 bits per heavy atom. The summed E-state index contributed by atoms with van der Waals surface area (Å²) >= 11 is 3.23. The number of nitrogens with one attached hydrogen (secondary N) is 2. The second kappa shape index (κ2) is 6.85. The molecule has 0 atom stereocenters. The van der Waals surface area contributed by atoms with Crippen molar-refractivity contribution in [2.45, 2.75) is 19.3 Å². The predicted molar refractivity (Wildman–Crippen MR) is 79.9 cm³/mol. The van der Waals surface area contributed by atoms with Gasteiger partial charge in [-0.2, -0.15) is 0 Å². The van der Waals surface area contributed by atoms with Crippen LogP contribution in [-0.2, 0) is 4.79 Å². The van der Waals surface area contributed by atoms with E-state index in [0.717, 1.165) is 25.9 Å². The fraction of sp³-hybridized carbons (Fsp3) is 0.429. The van der Waals surface area contributed by atoms with E-state index in [1.165, 1.54) is 6.07 Å². The lowest BCUT2D eigenvalue weighted by molar-refractivity contribution is -0.117. The Morgan fingerprint density at radius 1 is 1.35 bits per heavy atom. The van der Waals surface area contributed by atoms with Crippen LogP contribution in [0.3, 0.4) is 0 Å². The first-order chi connectivity index (χ1) is 9.56. The number of anilines is 1. The van der Waals surface area contributed by atoms with Gasteiger partial charge in [0.25, 0.3) is 0 Å². The highest BCUT2D eigenvalue weighted by atomic mass is 79.9. The van der Waals surface area contributed by atoms with Gasteiger partial charge in [-0.1, -0.05) is 15.9 Å². The minimum atomic E-state index is -1.05. The highest BCUT2D eigenvalue weighted by Crippen LogP contribution is 2.22. The molecule has 1 aromatic carbocycles. The first-order valence-corrected chi connectivity index (χ1v) is 7.39. The number of benzene rings is 1. The van der Waals surface area contributed by atoms with Crippen LogP contribution in [0, 0.1) is 5.92 Å². The SMILES string of the molecule is O=C(CC1CCNCC1)Nc1ccc(Br)cc1C(=O)O. The number of carbonyl (C=O) groups is 2. The molecule has 0 aromatic heterocycles. The van der Waals surface area contributed by atoms with Gasteiger partial charge in [0.2, 0.25) is 5.91 Å². The second-order valence-corrected chi connectivity index (χ2v) is 5.86. The van der Waals surface area contributed by atoms with Gasteiger partial charge in [0, 0.05) is 10.9 Å².